The molecule has 1 aromatic heterocycles. The van der Waals surface area contributed by atoms with Gasteiger partial charge in [-0.1, -0.05) is 12.1 Å². The number of amides is 1. The van der Waals surface area contributed by atoms with Crippen LogP contribution in [-0.4, -0.2) is 41.1 Å². The van der Waals surface area contributed by atoms with Crippen LogP contribution in [0.25, 0.3) is 0 Å². The standard InChI is InChI=1S/C14H23N3O3/c1-5-14(3,19-4)13-15-12(20-16-13)11-6-8-17(9-7-11)10(2)18/h11H,5-9H2,1-4H3. The Morgan fingerprint density at radius 2 is 2.15 bits per heavy atom. The zero-order valence-corrected chi connectivity index (χ0v) is 12.7. The lowest BCUT2D eigenvalue weighted by Crippen LogP contribution is -2.36. The van der Waals surface area contributed by atoms with Gasteiger partial charge in [0.15, 0.2) is 0 Å². The van der Waals surface area contributed by atoms with Gasteiger partial charge in [0.1, 0.15) is 5.60 Å². The zero-order chi connectivity index (χ0) is 14.8. The van der Waals surface area contributed by atoms with E-state index in [1.807, 2.05) is 18.7 Å². The van der Waals surface area contributed by atoms with E-state index in [2.05, 4.69) is 10.1 Å². The molecule has 0 aromatic carbocycles. The van der Waals surface area contributed by atoms with E-state index >= 15 is 0 Å². The van der Waals surface area contributed by atoms with Crippen molar-refractivity contribution in [3.8, 4) is 0 Å². The van der Waals surface area contributed by atoms with Gasteiger partial charge < -0.3 is 14.2 Å². The minimum absolute atomic E-state index is 0.132. The molecule has 112 valence electrons. The fourth-order valence-electron chi connectivity index (χ4n) is 2.45. The Kier molecular flexibility index (Phi) is 4.42. The number of carbonyl (C=O) groups excluding carboxylic acids is 1. The van der Waals surface area contributed by atoms with E-state index in [4.69, 9.17) is 9.26 Å². The maximum atomic E-state index is 11.3. The number of aromatic nitrogens is 2. The molecule has 1 atom stereocenters. The van der Waals surface area contributed by atoms with Gasteiger partial charge in [-0.15, -0.1) is 0 Å². The van der Waals surface area contributed by atoms with E-state index in [1.54, 1.807) is 14.0 Å². The number of nitrogens with zero attached hydrogens (tertiary/aromatic N) is 3. The van der Waals surface area contributed by atoms with Gasteiger partial charge >= 0.3 is 0 Å². The highest BCUT2D eigenvalue weighted by Crippen LogP contribution is 2.30. The number of ether oxygens (including phenoxy) is 1. The molecule has 1 fully saturated rings. The summed E-state index contributed by atoms with van der Waals surface area (Å²) in [5, 5.41) is 4.07. The minimum Gasteiger partial charge on any atom is -0.370 e. The molecule has 1 aliphatic rings. The Labute approximate surface area is 119 Å². The Hall–Kier alpha value is -1.43. The van der Waals surface area contributed by atoms with Crippen LogP contribution in [0.4, 0.5) is 0 Å². The predicted molar refractivity (Wildman–Crippen MR) is 73.2 cm³/mol. The van der Waals surface area contributed by atoms with Gasteiger partial charge in [-0.05, 0) is 26.2 Å². The summed E-state index contributed by atoms with van der Waals surface area (Å²) in [6, 6.07) is 0. The molecular formula is C14H23N3O3. The number of hydrogen-bond acceptors (Lipinski definition) is 5. The largest absolute Gasteiger partial charge is 0.370 e. The number of piperidine rings is 1. The highest BCUT2D eigenvalue weighted by molar-refractivity contribution is 5.73. The summed E-state index contributed by atoms with van der Waals surface area (Å²) in [5.41, 5.74) is -0.498. The third kappa shape index (κ3) is 2.85. The second-order valence-corrected chi connectivity index (χ2v) is 5.53. The second kappa shape index (κ2) is 5.91. The van der Waals surface area contributed by atoms with Crippen LogP contribution in [0.1, 0.15) is 57.7 Å². The van der Waals surface area contributed by atoms with Gasteiger partial charge in [0.25, 0.3) is 0 Å². The molecule has 0 radical (unpaired) electrons. The maximum Gasteiger partial charge on any atom is 0.229 e. The molecule has 20 heavy (non-hydrogen) atoms. The van der Waals surface area contributed by atoms with Crippen LogP contribution in [0, 0.1) is 0 Å². The van der Waals surface area contributed by atoms with Crippen LogP contribution in [-0.2, 0) is 15.1 Å². The molecular weight excluding hydrogens is 258 g/mol. The van der Waals surface area contributed by atoms with Crippen molar-refractivity contribution in [2.24, 2.45) is 0 Å². The van der Waals surface area contributed by atoms with E-state index in [1.165, 1.54) is 0 Å². The van der Waals surface area contributed by atoms with Crippen LogP contribution in [0.15, 0.2) is 4.52 Å². The van der Waals surface area contributed by atoms with Crippen LogP contribution >= 0.6 is 0 Å². The number of rotatable bonds is 4. The first-order valence-corrected chi connectivity index (χ1v) is 7.15. The first kappa shape index (κ1) is 15.0. The molecule has 0 aliphatic carbocycles. The fraction of sp³-hybridized carbons (Fsp3) is 0.786. The average molecular weight is 281 g/mol. The van der Waals surface area contributed by atoms with Gasteiger partial charge in [-0.25, -0.2) is 0 Å². The highest BCUT2D eigenvalue weighted by atomic mass is 16.5. The summed E-state index contributed by atoms with van der Waals surface area (Å²) in [5.74, 6) is 1.64. The molecule has 6 heteroatoms. The van der Waals surface area contributed by atoms with Crippen molar-refractivity contribution in [3.05, 3.63) is 11.7 Å². The number of carbonyl (C=O) groups is 1. The van der Waals surface area contributed by atoms with Crippen molar-refractivity contribution in [1.29, 1.82) is 0 Å². The molecule has 0 N–H and O–H groups in total. The molecule has 6 nitrogen and oxygen atoms in total. The molecule has 1 unspecified atom stereocenters. The van der Waals surface area contributed by atoms with E-state index < -0.39 is 5.60 Å². The van der Waals surface area contributed by atoms with Crippen molar-refractivity contribution >= 4 is 5.91 Å². The van der Waals surface area contributed by atoms with Gasteiger partial charge in [0.2, 0.25) is 17.6 Å². The lowest BCUT2D eigenvalue weighted by molar-refractivity contribution is -0.129. The third-order valence-corrected chi connectivity index (χ3v) is 4.33. The molecule has 0 bridgehead atoms. The van der Waals surface area contributed by atoms with Crippen molar-refractivity contribution < 1.29 is 14.1 Å². The van der Waals surface area contributed by atoms with Crippen LogP contribution in [0.3, 0.4) is 0 Å². The Morgan fingerprint density at radius 3 is 2.65 bits per heavy atom. The lowest BCUT2D eigenvalue weighted by atomic mass is 9.96. The van der Waals surface area contributed by atoms with Gasteiger partial charge in [0.05, 0.1) is 0 Å². The number of methoxy groups -OCH3 is 1. The average Bonchev–Trinajstić information content (AvgIpc) is 2.97. The molecule has 1 aliphatic heterocycles. The molecule has 0 spiro atoms. The Morgan fingerprint density at radius 1 is 1.50 bits per heavy atom. The summed E-state index contributed by atoms with van der Waals surface area (Å²) in [6.45, 7) is 7.11. The quantitative estimate of drug-likeness (QED) is 0.845. The Balaban J connectivity index is 2.05. The van der Waals surface area contributed by atoms with E-state index in [0.717, 1.165) is 32.4 Å². The van der Waals surface area contributed by atoms with Crippen LogP contribution in [0.5, 0.6) is 0 Å². The summed E-state index contributed by atoms with van der Waals surface area (Å²) >= 11 is 0. The van der Waals surface area contributed by atoms with E-state index in [9.17, 15) is 4.79 Å². The minimum atomic E-state index is -0.498. The molecule has 1 saturated heterocycles. The monoisotopic (exact) mass is 281 g/mol. The van der Waals surface area contributed by atoms with Gasteiger partial charge in [-0.3, -0.25) is 4.79 Å². The van der Waals surface area contributed by atoms with E-state index in [-0.39, 0.29) is 11.8 Å². The smallest absolute Gasteiger partial charge is 0.229 e. The normalized spacial score (nSPS) is 19.9. The lowest BCUT2D eigenvalue weighted by Gasteiger charge is -2.29. The SMILES string of the molecule is CCC(C)(OC)c1noc(C2CCN(C(C)=O)CC2)n1. The number of likely N-dealkylation sites (tertiary alicyclic amines) is 1. The second-order valence-electron chi connectivity index (χ2n) is 5.53. The van der Waals surface area contributed by atoms with Gasteiger partial charge in [0, 0.05) is 33.0 Å². The van der Waals surface area contributed by atoms with Crippen molar-refractivity contribution in [2.45, 2.75) is 51.6 Å². The molecule has 2 heterocycles. The fourth-order valence-corrected chi connectivity index (χ4v) is 2.45. The summed E-state index contributed by atoms with van der Waals surface area (Å²) in [7, 11) is 1.66. The molecule has 1 amide bonds. The highest BCUT2D eigenvalue weighted by Gasteiger charge is 2.32. The van der Waals surface area contributed by atoms with Crippen LogP contribution in [0.2, 0.25) is 0 Å². The summed E-state index contributed by atoms with van der Waals surface area (Å²) in [4.78, 5) is 17.7. The maximum absolute atomic E-state index is 11.3. The third-order valence-electron chi connectivity index (χ3n) is 4.33. The predicted octanol–water partition coefficient (Wildman–Crippen LogP) is 2.07. The van der Waals surface area contributed by atoms with Crippen molar-refractivity contribution in [1.82, 2.24) is 15.0 Å². The summed E-state index contributed by atoms with van der Waals surface area (Å²) in [6.07, 6.45) is 2.53. The van der Waals surface area contributed by atoms with Crippen molar-refractivity contribution in [3.63, 3.8) is 0 Å². The first-order chi connectivity index (χ1) is 9.50. The zero-order valence-electron chi connectivity index (χ0n) is 12.7. The van der Waals surface area contributed by atoms with Crippen LogP contribution < -0.4 is 0 Å². The molecule has 1 aromatic rings. The topological polar surface area (TPSA) is 68.5 Å². The van der Waals surface area contributed by atoms with Crippen molar-refractivity contribution in [2.75, 3.05) is 20.2 Å². The number of hydrogen-bond donors (Lipinski definition) is 0. The van der Waals surface area contributed by atoms with E-state index in [0.29, 0.717) is 11.7 Å². The molecule has 0 saturated carbocycles. The first-order valence-electron chi connectivity index (χ1n) is 7.15. The molecule has 2 rings (SSSR count). The Bertz CT molecular complexity index is 460. The summed E-state index contributed by atoms with van der Waals surface area (Å²) < 4.78 is 10.9. The van der Waals surface area contributed by atoms with Gasteiger partial charge in [-0.2, -0.15) is 4.98 Å².